The quantitative estimate of drug-likeness (QED) is 0.647. The van der Waals surface area contributed by atoms with Crippen molar-refractivity contribution in [1.82, 2.24) is 9.80 Å². The van der Waals surface area contributed by atoms with Gasteiger partial charge in [0.2, 0.25) is 0 Å². The van der Waals surface area contributed by atoms with Gasteiger partial charge in [0.05, 0.1) is 18.4 Å². The number of amides is 1. The van der Waals surface area contributed by atoms with E-state index in [0.717, 1.165) is 57.1 Å². The normalized spacial score (nSPS) is 14.5. The van der Waals surface area contributed by atoms with Crippen molar-refractivity contribution < 1.29 is 9.53 Å². The van der Waals surface area contributed by atoms with Gasteiger partial charge in [-0.05, 0) is 43.3 Å². The highest BCUT2D eigenvalue weighted by molar-refractivity contribution is 6.31. The summed E-state index contributed by atoms with van der Waals surface area (Å²) in [6, 6.07) is 13.6. The van der Waals surface area contributed by atoms with Gasteiger partial charge in [0, 0.05) is 57.5 Å². The van der Waals surface area contributed by atoms with Crippen LogP contribution in [0.15, 0.2) is 42.5 Å². The van der Waals surface area contributed by atoms with Crippen LogP contribution >= 0.6 is 11.6 Å². The third-order valence-electron chi connectivity index (χ3n) is 5.38. The summed E-state index contributed by atoms with van der Waals surface area (Å²) in [6.07, 6.45) is 1.01. The number of carbonyl (C=O) groups excluding carboxylic acids is 1. The van der Waals surface area contributed by atoms with Crippen LogP contribution in [-0.2, 0) is 0 Å². The Morgan fingerprint density at radius 1 is 1.13 bits per heavy atom. The van der Waals surface area contributed by atoms with Crippen molar-refractivity contribution >= 4 is 28.9 Å². The lowest BCUT2D eigenvalue weighted by Crippen LogP contribution is -2.47. The molecule has 3 rings (SSSR count). The third kappa shape index (κ3) is 5.58. The van der Waals surface area contributed by atoms with E-state index in [0.29, 0.717) is 10.6 Å². The third-order valence-corrected chi connectivity index (χ3v) is 5.62. The predicted molar refractivity (Wildman–Crippen MR) is 124 cm³/mol. The summed E-state index contributed by atoms with van der Waals surface area (Å²) in [5.74, 6) is 0.883. The SMILES string of the molecule is COc1ccccc1N1CCN(CCCNc2ccc(Cl)cc2C(=O)N(C)C)CC1. The van der Waals surface area contributed by atoms with E-state index < -0.39 is 0 Å². The van der Waals surface area contributed by atoms with E-state index in [2.05, 4.69) is 27.2 Å². The standard InChI is InChI=1S/C23H31ClN4O2/c1-26(2)23(29)19-17-18(24)9-10-20(19)25-11-6-12-27-13-15-28(16-14-27)21-7-4-5-8-22(21)30-3/h4-5,7-10,17,25H,6,11-16H2,1-3H3. The minimum absolute atomic E-state index is 0.0486. The van der Waals surface area contributed by atoms with Crippen LogP contribution in [-0.4, -0.2) is 76.2 Å². The molecule has 0 unspecified atom stereocenters. The molecule has 1 N–H and O–H groups in total. The fourth-order valence-corrected chi connectivity index (χ4v) is 3.89. The predicted octanol–water partition coefficient (Wildman–Crippen LogP) is 3.67. The molecular weight excluding hydrogens is 400 g/mol. The Morgan fingerprint density at radius 3 is 2.57 bits per heavy atom. The Hall–Kier alpha value is -2.44. The molecule has 0 atom stereocenters. The van der Waals surface area contributed by atoms with Crippen LogP contribution < -0.4 is 15.0 Å². The topological polar surface area (TPSA) is 48.1 Å². The number of nitrogens with zero attached hydrogens (tertiary/aromatic N) is 3. The number of hydrogen-bond acceptors (Lipinski definition) is 5. The molecular formula is C23H31ClN4O2. The number of halogens is 1. The molecule has 0 radical (unpaired) electrons. The lowest BCUT2D eigenvalue weighted by atomic mass is 10.1. The zero-order valence-corrected chi connectivity index (χ0v) is 18.8. The number of hydrogen-bond donors (Lipinski definition) is 1. The number of piperazine rings is 1. The maximum absolute atomic E-state index is 12.4. The summed E-state index contributed by atoms with van der Waals surface area (Å²) < 4.78 is 5.50. The second kappa shape index (κ2) is 10.5. The van der Waals surface area contributed by atoms with Crippen LogP contribution in [0.1, 0.15) is 16.8 Å². The van der Waals surface area contributed by atoms with Crippen molar-refractivity contribution in [3.8, 4) is 5.75 Å². The lowest BCUT2D eigenvalue weighted by molar-refractivity contribution is 0.0828. The molecule has 2 aromatic carbocycles. The molecule has 1 fully saturated rings. The van der Waals surface area contributed by atoms with Gasteiger partial charge in [0.1, 0.15) is 5.75 Å². The Kier molecular flexibility index (Phi) is 7.82. The fourth-order valence-electron chi connectivity index (χ4n) is 3.72. The van der Waals surface area contributed by atoms with Crippen molar-refractivity contribution in [2.45, 2.75) is 6.42 Å². The molecule has 30 heavy (non-hydrogen) atoms. The number of anilines is 2. The summed E-state index contributed by atoms with van der Waals surface area (Å²) >= 11 is 6.09. The average Bonchev–Trinajstić information content (AvgIpc) is 2.77. The van der Waals surface area contributed by atoms with Gasteiger partial charge in [-0.2, -0.15) is 0 Å². The van der Waals surface area contributed by atoms with Gasteiger partial charge < -0.3 is 19.9 Å². The zero-order chi connectivity index (χ0) is 21.5. The summed E-state index contributed by atoms with van der Waals surface area (Å²) in [4.78, 5) is 18.8. The van der Waals surface area contributed by atoms with Crippen molar-refractivity contribution in [2.75, 3.05) is 70.7 Å². The summed E-state index contributed by atoms with van der Waals surface area (Å²) in [6.45, 7) is 5.88. The van der Waals surface area contributed by atoms with Crippen LogP contribution in [0.5, 0.6) is 5.75 Å². The van der Waals surface area contributed by atoms with Crippen molar-refractivity contribution in [1.29, 1.82) is 0 Å². The summed E-state index contributed by atoms with van der Waals surface area (Å²) in [5.41, 5.74) is 2.61. The second-order valence-corrected chi connectivity index (χ2v) is 8.11. The van der Waals surface area contributed by atoms with Gasteiger partial charge in [-0.3, -0.25) is 9.69 Å². The van der Waals surface area contributed by atoms with Crippen LogP contribution in [0, 0.1) is 0 Å². The molecule has 1 saturated heterocycles. The molecule has 1 heterocycles. The van der Waals surface area contributed by atoms with Crippen molar-refractivity contribution in [3.05, 3.63) is 53.1 Å². The Bertz CT molecular complexity index is 851. The van der Waals surface area contributed by atoms with Gasteiger partial charge in [0.25, 0.3) is 5.91 Å². The minimum Gasteiger partial charge on any atom is -0.495 e. The number of benzene rings is 2. The molecule has 0 spiro atoms. The van der Waals surface area contributed by atoms with E-state index in [-0.39, 0.29) is 5.91 Å². The number of ether oxygens (including phenoxy) is 1. The van der Waals surface area contributed by atoms with Gasteiger partial charge in [-0.1, -0.05) is 23.7 Å². The maximum Gasteiger partial charge on any atom is 0.255 e. The smallest absolute Gasteiger partial charge is 0.255 e. The lowest BCUT2D eigenvalue weighted by Gasteiger charge is -2.36. The van der Waals surface area contributed by atoms with E-state index in [1.807, 2.05) is 24.3 Å². The second-order valence-electron chi connectivity index (χ2n) is 7.67. The van der Waals surface area contributed by atoms with Crippen LogP contribution in [0.4, 0.5) is 11.4 Å². The number of methoxy groups -OCH3 is 1. The molecule has 6 nitrogen and oxygen atoms in total. The first kappa shape index (κ1) is 22.2. The van der Waals surface area contributed by atoms with E-state index in [9.17, 15) is 4.79 Å². The van der Waals surface area contributed by atoms with Crippen molar-refractivity contribution in [2.24, 2.45) is 0 Å². The van der Waals surface area contributed by atoms with Crippen LogP contribution in [0.25, 0.3) is 0 Å². The number of rotatable bonds is 8. The highest BCUT2D eigenvalue weighted by Gasteiger charge is 2.19. The van der Waals surface area contributed by atoms with Gasteiger partial charge in [-0.25, -0.2) is 0 Å². The van der Waals surface area contributed by atoms with E-state index >= 15 is 0 Å². The molecule has 1 aliphatic heterocycles. The molecule has 0 aromatic heterocycles. The Balaban J connectivity index is 1.46. The minimum atomic E-state index is -0.0486. The summed E-state index contributed by atoms with van der Waals surface area (Å²) in [5, 5.41) is 3.97. The van der Waals surface area contributed by atoms with Gasteiger partial charge >= 0.3 is 0 Å². The number of para-hydroxylation sites is 2. The van der Waals surface area contributed by atoms with Gasteiger partial charge in [0.15, 0.2) is 0 Å². The first-order valence-corrected chi connectivity index (χ1v) is 10.7. The first-order chi connectivity index (χ1) is 14.5. The fraction of sp³-hybridized carbons (Fsp3) is 0.435. The van der Waals surface area contributed by atoms with Crippen LogP contribution in [0.3, 0.4) is 0 Å². The van der Waals surface area contributed by atoms with Crippen molar-refractivity contribution in [3.63, 3.8) is 0 Å². The maximum atomic E-state index is 12.4. The Labute approximate surface area is 184 Å². The summed E-state index contributed by atoms with van der Waals surface area (Å²) in [7, 11) is 5.22. The monoisotopic (exact) mass is 430 g/mol. The highest BCUT2D eigenvalue weighted by Crippen LogP contribution is 2.28. The molecule has 0 aliphatic carbocycles. The molecule has 0 saturated carbocycles. The molecule has 1 aliphatic rings. The average molecular weight is 431 g/mol. The largest absolute Gasteiger partial charge is 0.495 e. The number of carbonyl (C=O) groups is 1. The van der Waals surface area contributed by atoms with E-state index in [4.69, 9.17) is 16.3 Å². The van der Waals surface area contributed by atoms with E-state index in [1.165, 1.54) is 5.69 Å². The van der Waals surface area contributed by atoms with E-state index in [1.54, 1.807) is 32.2 Å². The first-order valence-electron chi connectivity index (χ1n) is 10.3. The molecule has 7 heteroatoms. The molecule has 0 bridgehead atoms. The molecule has 1 amide bonds. The Morgan fingerprint density at radius 2 is 1.87 bits per heavy atom. The number of nitrogens with one attached hydrogen (secondary N) is 1. The van der Waals surface area contributed by atoms with Gasteiger partial charge in [-0.15, -0.1) is 0 Å². The highest BCUT2D eigenvalue weighted by atomic mass is 35.5. The van der Waals surface area contributed by atoms with Crippen LogP contribution in [0.2, 0.25) is 5.02 Å². The molecule has 162 valence electrons. The molecule has 2 aromatic rings. The zero-order valence-electron chi connectivity index (χ0n) is 18.0.